The SMILES string of the molecule is Cc1ccc(-c2cc(F)cc(-c3ccc(C)cc3)c2)cc1. The lowest BCUT2D eigenvalue weighted by Gasteiger charge is -2.08. The zero-order valence-corrected chi connectivity index (χ0v) is 12.2. The molecule has 3 aromatic rings. The van der Waals surface area contributed by atoms with Gasteiger partial charge in [-0.1, -0.05) is 59.7 Å². The molecule has 0 aliphatic heterocycles. The Morgan fingerprint density at radius 3 is 1.29 bits per heavy atom. The molecule has 0 bridgehead atoms. The van der Waals surface area contributed by atoms with Crippen molar-refractivity contribution in [2.24, 2.45) is 0 Å². The first-order chi connectivity index (χ1) is 10.1. The molecule has 0 saturated carbocycles. The first-order valence-corrected chi connectivity index (χ1v) is 7.06. The van der Waals surface area contributed by atoms with Crippen LogP contribution < -0.4 is 0 Å². The molecule has 0 aromatic heterocycles. The molecule has 0 atom stereocenters. The predicted octanol–water partition coefficient (Wildman–Crippen LogP) is 5.78. The van der Waals surface area contributed by atoms with E-state index in [4.69, 9.17) is 0 Å². The molecule has 3 rings (SSSR count). The molecule has 104 valence electrons. The minimum absolute atomic E-state index is 0.205. The molecule has 0 heterocycles. The standard InChI is InChI=1S/C20H17F/c1-14-3-7-16(8-4-14)18-11-19(13-20(21)12-18)17-9-5-15(2)6-10-17/h3-13H,1-2H3. The fraction of sp³-hybridized carbons (Fsp3) is 0.100. The van der Waals surface area contributed by atoms with Gasteiger partial charge in [-0.05, 0) is 54.3 Å². The summed E-state index contributed by atoms with van der Waals surface area (Å²) >= 11 is 0. The third-order valence-electron chi connectivity index (χ3n) is 3.67. The van der Waals surface area contributed by atoms with Crippen molar-refractivity contribution < 1.29 is 4.39 Å². The van der Waals surface area contributed by atoms with Crippen LogP contribution in [0.25, 0.3) is 22.3 Å². The van der Waals surface area contributed by atoms with E-state index in [1.807, 2.05) is 68.4 Å². The van der Waals surface area contributed by atoms with Gasteiger partial charge in [0.05, 0.1) is 0 Å². The highest BCUT2D eigenvalue weighted by Crippen LogP contribution is 2.28. The van der Waals surface area contributed by atoms with E-state index >= 15 is 0 Å². The zero-order chi connectivity index (χ0) is 14.8. The molecule has 0 radical (unpaired) electrons. The Kier molecular flexibility index (Phi) is 3.57. The van der Waals surface area contributed by atoms with Crippen LogP contribution >= 0.6 is 0 Å². The van der Waals surface area contributed by atoms with Gasteiger partial charge in [-0.2, -0.15) is 0 Å². The fourth-order valence-electron chi connectivity index (χ4n) is 2.41. The second kappa shape index (κ2) is 5.53. The van der Waals surface area contributed by atoms with E-state index in [-0.39, 0.29) is 5.82 Å². The van der Waals surface area contributed by atoms with Crippen LogP contribution in [-0.4, -0.2) is 0 Å². The molecule has 21 heavy (non-hydrogen) atoms. The van der Waals surface area contributed by atoms with Crippen LogP contribution in [0.5, 0.6) is 0 Å². The molecule has 0 spiro atoms. The van der Waals surface area contributed by atoms with Crippen LogP contribution in [0.1, 0.15) is 11.1 Å². The van der Waals surface area contributed by atoms with Gasteiger partial charge in [0.2, 0.25) is 0 Å². The number of halogens is 1. The average Bonchev–Trinajstić information content (AvgIpc) is 2.48. The van der Waals surface area contributed by atoms with Gasteiger partial charge in [-0.15, -0.1) is 0 Å². The van der Waals surface area contributed by atoms with Crippen LogP contribution in [0, 0.1) is 19.7 Å². The van der Waals surface area contributed by atoms with E-state index in [1.165, 1.54) is 11.1 Å². The molecule has 0 N–H and O–H groups in total. The highest BCUT2D eigenvalue weighted by Gasteiger charge is 2.05. The summed E-state index contributed by atoms with van der Waals surface area (Å²) in [5.41, 5.74) is 6.29. The van der Waals surface area contributed by atoms with Gasteiger partial charge < -0.3 is 0 Å². The Labute approximate surface area is 124 Å². The molecule has 0 fully saturated rings. The summed E-state index contributed by atoms with van der Waals surface area (Å²) < 4.78 is 14.0. The molecular formula is C20H17F. The van der Waals surface area contributed by atoms with Crippen LogP contribution in [0.15, 0.2) is 66.7 Å². The summed E-state index contributed by atoms with van der Waals surface area (Å²) in [5, 5.41) is 0. The molecule has 0 aliphatic rings. The fourth-order valence-corrected chi connectivity index (χ4v) is 2.41. The minimum atomic E-state index is -0.205. The van der Waals surface area contributed by atoms with Crippen molar-refractivity contribution in [2.45, 2.75) is 13.8 Å². The predicted molar refractivity (Wildman–Crippen MR) is 86.7 cm³/mol. The highest BCUT2D eigenvalue weighted by atomic mass is 19.1. The van der Waals surface area contributed by atoms with Crippen molar-refractivity contribution in [3.63, 3.8) is 0 Å². The monoisotopic (exact) mass is 276 g/mol. The van der Waals surface area contributed by atoms with Crippen LogP contribution in [0.2, 0.25) is 0 Å². The van der Waals surface area contributed by atoms with Crippen LogP contribution in [0.4, 0.5) is 4.39 Å². The van der Waals surface area contributed by atoms with Crippen molar-refractivity contribution in [1.82, 2.24) is 0 Å². The van der Waals surface area contributed by atoms with Crippen LogP contribution in [0.3, 0.4) is 0 Å². The first kappa shape index (κ1) is 13.6. The molecule has 0 saturated heterocycles. The topological polar surface area (TPSA) is 0 Å². The largest absolute Gasteiger partial charge is 0.207 e. The van der Waals surface area contributed by atoms with E-state index < -0.39 is 0 Å². The van der Waals surface area contributed by atoms with Gasteiger partial charge in [0.25, 0.3) is 0 Å². The number of rotatable bonds is 2. The van der Waals surface area contributed by atoms with Crippen molar-refractivity contribution >= 4 is 0 Å². The quantitative estimate of drug-likeness (QED) is 0.557. The maximum Gasteiger partial charge on any atom is 0.124 e. The number of benzene rings is 3. The van der Waals surface area contributed by atoms with Crippen molar-refractivity contribution in [1.29, 1.82) is 0 Å². The number of hydrogen-bond donors (Lipinski definition) is 0. The van der Waals surface area contributed by atoms with Gasteiger partial charge in [-0.25, -0.2) is 4.39 Å². The highest BCUT2D eigenvalue weighted by molar-refractivity contribution is 5.73. The molecule has 0 aliphatic carbocycles. The minimum Gasteiger partial charge on any atom is -0.207 e. The second-order valence-corrected chi connectivity index (χ2v) is 5.46. The Hall–Kier alpha value is -2.41. The lowest BCUT2D eigenvalue weighted by atomic mass is 9.98. The molecule has 1 heteroatoms. The van der Waals surface area contributed by atoms with Crippen molar-refractivity contribution in [2.75, 3.05) is 0 Å². The van der Waals surface area contributed by atoms with Crippen molar-refractivity contribution in [3.8, 4) is 22.3 Å². The lowest BCUT2D eigenvalue weighted by molar-refractivity contribution is 0.629. The van der Waals surface area contributed by atoms with Gasteiger partial charge in [-0.3, -0.25) is 0 Å². The van der Waals surface area contributed by atoms with Crippen molar-refractivity contribution in [3.05, 3.63) is 83.7 Å². The van der Waals surface area contributed by atoms with E-state index in [0.717, 1.165) is 22.3 Å². The Bertz CT molecular complexity index is 689. The molecule has 0 amide bonds. The van der Waals surface area contributed by atoms with Gasteiger partial charge in [0.15, 0.2) is 0 Å². The van der Waals surface area contributed by atoms with Crippen LogP contribution in [-0.2, 0) is 0 Å². The summed E-state index contributed by atoms with van der Waals surface area (Å²) in [6.07, 6.45) is 0. The first-order valence-electron chi connectivity index (χ1n) is 7.06. The zero-order valence-electron chi connectivity index (χ0n) is 12.2. The van der Waals surface area contributed by atoms with Gasteiger partial charge >= 0.3 is 0 Å². The molecular weight excluding hydrogens is 259 g/mol. The van der Waals surface area contributed by atoms with Gasteiger partial charge in [0, 0.05) is 0 Å². The van der Waals surface area contributed by atoms with Gasteiger partial charge in [0.1, 0.15) is 5.82 Å². The maximum absolute atomic E-state index is 14.0. The smallest absolute Gasteiger partial charge is 0.124 e. The lowest BCUT2D eigenvalue weighted by Crippen LogP contribution is -1.85. The third kappa shape index (κ3) is 3.03. The van der Waals surface area contributed by atoms with E-state index in [2.05, 4.69) is 0 Å². The molecule has 0 nitrogen and oxygen atoms in total. The summed E-state index contributed by atoms with van der Waals surface area (Å²) in [6, 6.07) is 21.5. The maximum atomic E-state index is 14.0. The Morgan fingerprint density at radius 2 is 0.905 bits per heavy atom. The summed E-state index contributed by atoms with van der Waals surface area (Å²) in [7, 11) is 0. The molecule has 3 aromatic carbocycles. The average molecular weight is 276 g/mol. The summed E-state index contributed by atoms with van der Waals surface area (Å²) in [4.78, 5) is 0. The Balaban J connectivity index is 2.07. The van der Waals surface area contributed by atoms with E-state index in [9.17, 15) is 4.39 Å². The number of aryl methyl sites for hydroxylation is 2. The Morgan fingerprint density at radius 1 is 0.524 bits per heavy atom. The summed E-state index contributed by atoms with van der Waals surface area (Å²) in [6.45, 7) is 4.10. The third-order valence-corrected chi connectivity index (χ3v) is 3.67. The summed E-state index contributed by atoms with van der Waals surface area (Å²) in [5.74, 6) is -0.205. The second-order valence-electron chi connectivity index (χ2n) is 5.46. The normalized spacial score (nSPS) is 10.6. The number of hydrogen-bond acceptors (Lipinski definition) is 0. The molecule has 0 unspecified atom stereocenters. The van der Waals surface area contributed by atoms with E-state index in [1.54, 1.807) is 12.1 Å². The van der Waals surface area contributed by atoms with E-state index in [0.29, 0.717) is 0 Å².